The van der Waals surface area contributed by atoms with E-state index in [9.17, 15) is 4.79 Å². The van der Waals surface area contributed by atoms with Crippen LogP contribution in [-0.2, 0) is 11.8 Å². The Labute approximate surface area is 121 Å². The van der Waals surface area contributed by atoms with Gasteiger partial charge in [0.25, 0.3) is 0 Å². The highest BCUT2D eigenvalue weighted by Crippen LogP contribution is 2.34. The molecule has 1 aliphatic heterocycles. The number of hydrogen-bond donors (Lipinski definition) is 0. The fraction of sp³-hybridized carbons (Fsp3) is 0.429. The minimum absolute atomic E-state index is 0.0403. The first-order valence-electron chi connectivity index (χ1n) is 6.59. The van der Waals surface area contributed by atoms with Crippen molar-refractivity contribution in [3.63, 3.8) is 0 Å². The average molecular weight is 291 g/mol. The second kappa shape index (κ2) is 5.01. The highest BCUT2D eigenvalue weighted by molar-refractivity contribution is 8.00. The lowest BCUT2D eigenvalue weighted by Crippen LogP contribution is -2.29. The molecule has 3 heterocycles. The standard InChI is InChI=1S/C14H17N3O2S/c1-9-8-13(16(3)15-9)17-6-4-12(14(17)18)20-11-5-7-19-10(11)2/h5,7-8,12H,4,6H2,1-3H3/t12-/m0/s1. The van der Waals surface area contributed by atoms with Gasteiger partial charge < -0.3 is 4.42 Å². The fourth-order valence-electron chi connectivity index (χ4n) is 2.49. The molecular weight excluding hydrogens is 274 g/mol. The summed E-state index contributed by atoms with van der Waals surface area (Å²) in [5, 5.41) is 4.27. The molecule has 0 N–H and O–H groups in total. The van der Waals surface area contributed by atoms with Crippen molar-refractivity contribution in [2.24, 2.45) is 7.05 Å². The van der Waals surface area contributed by atoms with Crippen molar-refractivity contribution in [3.05, 3.63) is 29.9 Å². The van der Waals surface area contributed by atoms with Crippen molar-refractivity contribution in [1.82, 2.24) is 9.78 Å². The Balaban J connectivity index is 1.77. The number of aryl methyl sites for hydroxylation is 3. The zero-order chi connectivity index (χ0) is 14.3. The van der Waals surface area contributed by atoms with Gasteiger partial charge in [-0.1, -0.05) is 0 Å². The van der Waals surface area contributed by atoms with Gasteiger partial charge in [0.1, 0.15) is 11.6 Å². The first-order valence-corrected chi connectivity index (χ1v) is 7.47. The van der Waals surface area contributed by atoms with Gasteiger partial charge in [-0.2, -0.15) is 5.10 Å². The maximum absolute atomic E-state index is 12.5. The molecule has 5 nitrogen and oxygen atoms in total. The van der Waals surface area contributed by atoms with Crippen molar-refractivity contribution >= 4 is 23.5 Å². The second-order valence-electron chi connectivity index (χ2n) is 4.99. The quantitative estimate of drug-likeness (QED) is 0.872. The van der Waals surface area contributed by atoms with Crippen LogP contribution in [0, 0.1) is 13.8 Å². The summed E-state index contributed by atoms with van der Waals surface area (Å²) < 4.78 is 7.05. The van der Waals surface area contributed by atoms with E-state index in [2.05, 4.69) is 5.10 Å². The molecule has 1 saturated heterocycles. The average Bonchev–Trinajstić information content (AvgIpc) is 3.04. The summed E-state index contributed by atoms with van der Waals surface area (Å²) in [6, 6.07) is 3.87. The van der Waals surface area contributed by atoms with Crippen LogP contribution in [0.25, 0.3) is 0 Å². The number of hydrogen-bond acceptors (Lipinski definition) is 4. The van der Waals surface area contributed by atoms with Gasteiger partial charge in [0.15, 0.2) is 0 Å². The predicted molar refractivity (Wildman–Crippen MR) is 78.0 cm³/mol. The molecule has 106 valence electrons. The van der Waals surface area contributed by atoms with Crippen molar-refractivity contribution in [2.75, 3.05) is 11.4 Å². The maximum atomic E-state index is 12.5. The Morgan fingerprint density at radius 3 is 2.85 bits per heavy atom. The number of rotatable bonds is 3. The Kier molecular flexibility index (Phi) is 3.33. The van der Waals surface area contributed by atoms with Crippen LogP contribution in [0.1, 0.15) is 17.9 Å². The van der Waals surface area contributed by atoms with E-state index >= 15 is 0 Å². The van der Waals surface area contributed by atoms with E-state index in [1.165, 1.54) is 0 Å². The molecule has 0 spiro atoms. The van der Waals surface area contributed by atoms with E-state index in [0.717, 1.165) is 35.1 Å². The summed E-state index contributed by atoms with van der Waals surface area (Å²) in [4.78, 5) is 15.4. The van der Waals surface area contributed by atoms with Crippen LogP contribution in [0.3, 0.4) is 0 Å². The number of amides is 1. The largest absolute Gasteiger partial charge is 0.468 e. The number of carbonyl (C=O) groups is 1. The minimum atomic E-state index is -0.0403. The third-order valence-electron chi connectivity index (χ3n) is 3.49. The van der Waals surface area contributed by atoms with E-state index in [1.807, 2.05) is 37.9 Å². The minimum Gasteiger partial charge on any atom is -0.468 e. The molecule has 0 bridgehead atoms. The molecule has 0 unspecified atom stereocenters. The smallest absolute Gasteiger partial charge is 0.241 e. The maximum Gasteiger partial charge on any atom is 0.241 e. The molecular formula is C14H17N3O2S. The van der Waals surface area contributed by atoms with Gasteiger partial charge in [-0.25, -0.2) is 0 Å². The third kappa shape index (κ3) is 2.24. The number of carbonyl (C=O) groups excluding carboxylic acids is 1. The van der Waals surface area contributed by atoms with Crippen LogP contribution < -0.4 is 4.90 Å². The van der Waals surface area contributed by atoms with Gasteiger partial charge in [0, 0.05) is 24.6 Å². The molecule has 0 radical (unpaired) electrons. The van der Waals surface area contributed by atoms with Crippen LogP contribution >= 0.6 is 11.8 Å². The Morgan fingerprint density at radius 2 is 2.25 bits per heavy atom. The molecule has 0 saturated carbocycles. The van der Waals surface area contributed by atoms with Crippen LogP contribution in [0.2, 0.25) is 0 Å². The zero-order valence-electron chi connectivity index (χ0n) is 11.8. The molecule has 3 rings (SSSR count). The lowest BCUT2D eigenvalue weighted by molar-refractivity contribution is -0.116. The third-order valence-corrected chi connectivity index (χ3v) is 4.89. The first kappa shape index (κ1) is 13.3. The van der Waals surface area contributed by atoms with Crippen molar-refractivity contribution in [1.29, 1.82) is 0 Å². The summed E-state index contributed by atoms with van der Waals surface area (Å²) in [5.41, 5.74) is 0.928. The van der Waals surface area contributed by atoms with Gasteiger partial charge >= 0.3 is 0 Å². The van der Waals surface area contributed by atoms with Gasteiger partial charge in [-0.3, -0.25) is 14.4 Å². The highest BCUT2D eigenvalue weighted by atomic mass is 32.2. The molecule has 1 atom stereocenters. The van der Waals surface area contributed by atoms with Gasteiger partial charge in [-0.05, 0) is 26.3 Å². The highest BCUT2D eigenvalue weighted by Gasteiger charge is 2.35. The topological polar surface area (TPSA) is 51.3 Å². The predicted octanol–water partition coefficient (Wildman–Crippen LogP) is 2.53. The van der Waals surface area contributed by atoms with Gasteiger partial charge in [0.05, 0.1) is 17.2 Å². The monoisotopic (exact) mass is 291 g/mol. The number of anilines is 1. The lowest BCUT2D eigenvalue weighted by Gasteiger charge is -2.16. The van der Waals surface area contributed by atoms with Crippen molar-refractivity contribution in [2.45, 2.75) is 30.4 Å². The molecule has 2 aromatic heterocycles. The molecule has 0 aliphatic carbocycles. The molecule has 2 aromatic rings. The van der Waals surface area contributed by atoms with E-state index in [-0.39, 0.29) is 11.2 Å². The molecule has 1 fully saturated rings. The van der Waals surface area contributed by atoms with E-state index in [0.29, 0.717) is 0 Å². The van der Waals surface area contributed by atoms with Crippen molar-refractivity contribution in [3.8, 4) is 0 Å². The van der Waals surface area contributed by atoms with Crippen LogP contribution in [0.5, 0.6) is 0 Å². The number of furan rings is 1. The molecule has 20 heavy (non-hydrogen) atoms. The van der Waals surface area contributed by atoms with E-state index in [4.69, 9.17) is 4.42 Å². The summed E-state index contributed by atoms with van der Waals surface area (Å²) in [6.07, 6.45) is 2.51. The van der Waals surface area contributed by atoms with Gasteiger partial charge in [-0.15, -0.1) is 11.8 Å². The van der Waals surface area contributed by atoms with Gasteiger partial charge in [0.2, 0.25) is 5.91 Å². The SMILES string of the molecule is Cc1cc(N2CC[C@H](Sc3ccoc3C)C2=O)n(C)n1. The lowest BCUT2D eigenvalue weighted by atomic mass is 10.4. The summed E-state index contributed by atoms with van der Waals surface area (Å²) in [7, 11) is 1.87. The summed E-state index contributed by atoms with van der Waals surface area (Å²) in [5.74, 6) is 1.90. The fourth-order valence-corrected chi connectivity index (χ4v) is 3.60. The van der Waals surface area contributed by atoms with E-state index in [1.54, 1.807) is 22.7 Å². The number of nitrogens with zero attached hydrogens (tertiary/aromatic N) is 3. The Hall–Kier alpha value is -1.69. The normalized spacial score (nSPS) is 19.1. The number of thioether (sulfide) groups is 1. The number of aromatic nitrogens is 2. The zero-order valence-corrected chi connectivity index (χ0v) is 12.6. The van der Waals surface area contributed by atoms with Crippen LogP contribution in [0.15, 0.2) is 27.7 Å². The van der Waals surface area contributed by atoms with E-state index < -0.39 is 0 Å². The van der Waals surface area contributed by atoms with Crippen LogP contribution in [0.4, 0.5) is 5.82 Å². The Morgan fingerprint density at radius 1 is 1.45 bits per heavy atom. The molecule has 1 aliphatic rings. The van der Waals surface area contributed by atoms with Crippen molar-refractivity contribution < 1.29 is 9.21 Å². The second-order valence-corrected chi connectivity index (χ2v) is 6.24. The molecule has 0 aromatic carbocycles. The van der Waals surface area contributed by atoms with Crippen LogP contribution in [-0.4, -0.2) is 27.5 Å². The molecule has 1 amide bonds. The Bertz CT molecular complexity index is 647. The molecule has 6 heteroatoms. The summed E-state index contributed by atoms with van der Waals surface area (Å²) >= 11 is 1.59. The summed E-state index contributed by atoms with van der Waals surface area (Å²) in [6.45, 7) is 4.60. The first-order chi connectivity index (χ1) is 9.56.